The van der Waals surface area contributed by atoms with Crippen LogP contribution in [0.15, 0.2) is 18.2 Å². The summed E-state index contributed by atoms with van der Waals surface area (Å²) < 4.78 is 13.4. The van der Waals surface area contributed by atoms with Gasteiger partial charge in [-0.05, 0) is 43.2 Å². The summed E-state index contributed by atoms with van der Waals surface area (Å²) in [6, 6.07) is 4.83. The van der Waals surface area contributed by atoms with Gasteiger partial charge in [-0.2, -0.15) is 0 Å². The van der Waals surface area contributed by atoms with Gasteiger partial charge in [0.1, 0.15) is 5.82 Å². The summed E-state index contributed by atoms with van der Waals surface area (Å²) in [6.07, 6.45) is 4.14. The van der Waals surface area contributed by atoms with Crippen molar-refractivity contribution >= 4 is 11.6 Å². The Morgan fingerprint density at radius 1 is 1.42 bits per heavy atom. The van der Waals surface area contributed by atoms with E-state index in [0.29, 0.717) is 6.54 Å². The summed E-state index contributed by atoms with van der Waals surface area (Å²) in [7, 11) is 0. The number of halogens is 2. The first-order valence-electron chi connectivity index (χ1n) is 6.85. The topological polar surface area (TPSA) is 32.3 Å². The molecule has 1 aromatic rings. The second kappa shape index (κ2) is 6.21. The molecule has 1 fully saturated rings. The van der Waals surface area contributed by atoms with E-state index in [1.54, 1.807) is 6.07 Å². The van der Waals surface area contributed by atoms with Gasteiger partial charge in [0, 0.05) is 12.1 Å². The number of benzene rings is 1. The molecular weight excluding hydrogens is 265 g/mol. The first kappa shape index (κ1) is 14.8. The van der Waals surface area contributed by atoms with Crippen LogP contribution in [0.1, 0.15) is 38.2 Å². The van der Waals surface area contributed by atoms with E-state index in [1.807, 2.05) is 6.07 Å². The van der Waals surface area contributed by atoms with Gasteiger partial charge in [0.2, 0.25) is 0 Å². The van der Waals surface area contributed by atoms with Gasteiger partial charge in [0.15, 0.2) is 0 Å². The second-order valence-corrected chi connectivity index (χ2v) is 6.07. The highest BCUT2D eigenvalue weighted by Crippen LogP contribution is 2.32. The molecular formula is C15H21ClFNO. The molecule has 0 unspecified atom stereocenters. The molecule has 0 bridgehead atoms. The molecule has 1 saturated carbocycles. The summed E-state index contributed by atoms with van der Waals surface area (Å²) in [5.74, 6) is 0.329. The Labute approximate surface area is 119 Å². The minimum atomic E-state index is -0.392. The van der Waals surface area contributed by atoms with E-state index < -0.39 is 5.82 Å². The van der Waals surface area contributed by atoms with Crippen molar-refractivity contribution in [1.82, 2.24) is 5.32 Å². The van der Waals surface area contributed by atoms with E-state index in [-0.39, 0.29) is 17.2 Å². The predicted molar refractivity (Wildman–Crippen MR) is 75.7 cm³/mol. The minimum Gasteiger partial charge on any atom is -0.394 e. The maximum Gasteiger partial charge on any atom is 0.142 e. The minimum absolute atomic E-state index is 0.118. The Hall–Kier alpha value is -0.640. The van der Waals surface area contributed by atoms with E-state index >= 15 is 0 Å². The lowest BCUT2D eigenvalue weighted by Crippen LogP contribution is -2.50. The molecule has 0 aromatic heterocycles. The largest absolute Gasteiger partial charge is 0.394 e. The van der Waals surface area contributed by atoms with Crippen molar-refractivity contribution in [1.29, 1.82) is 0 Å². The molecule has 1 aromatic carbocycles. The number of nitrogens with one attached hydrogen (secondary N) is 1. The summed E-state index contributed by atoms with van der Waals surface area (Å²) in [6.45, 7) is 2.85. The molecule has 0 spiro atoms. The van der Waals surface area contributed by atoms with Gasteiger partial charge in [-0.3, -0.25) is 0 Å². The molecule has 0 atom stereocenters. The van der Waals surface area contributed by atoms with Crippen molar-refractivity contribution in [3.8, 4) is 0 Å². The predicted octanol–water partition coefficient (Wildman–Crippen LogP) is 3.51. The average molecular weight is 286 g/mol. The number of rotatable bonds is 4. The molecule has 0 amide bonds. The van der Waals surface area contributed by atoms with Crippen LogP contribution >= 0.6 is 11.6 Å². The number of hydrogen-bond donors (Lipinski definition) is 2. The number of aliphatic hydroxyl groups is 1. The van der Waals surface area contributed by atoms with Crippen LogP contribution < -0.4 is 5.32 Å². The fraction of sp³-hybridized carbons (Fsp3) is 0.600. The van der Waals surface area contributed by atoms with Gasteiger partial charge in [0.05, 0.1) is 11.6 Å². The lowest BCUT2D eigenvalue weighted by atomic mass is 9.77. The van der Waals surface area contributed by atoms with Crippen LogP contribution in [0.3, 0.4) is 0 Å². The molecule has 0 saturated heterocycles. The Morgan fingerprint density at radius 2 is 2.11 bits per heavy atom. The first-order chi connectivity index (χ1) is 9.06. The lowest BCUT2D eigenvalue weighted by Gasteiger charge is -2.39. The molecule has 1 aliphatic rings. The SMILES string of the molecule is CC1CCC(CO)(NCc2cccc(F)c2Cl)CC1. The molecule has 4 heteroatoms. The fourth-order valence-electron chi connectivity index (χ4n) is 2.67. The van der Waals surface area contributed by atoms with E-state index in [2.05, 4.69) is 12.2 Å². The third kappa shape index (κ3) is 3.47. The van der Waals surface area contributed by atoms with Crippen LogP contribution in [-0.4, -0.2) is 17.3 Å². The molecule has 1 aliphatic carbocycles. The zero-order valence-corrected chi connectivity index (χ0v) is 12.0. The Bertz CT molecular complexity index is 430. The Morgan fingerprint density at radius 3 is 2.74 bits per heavy atom. The third-order valence-electron chi connectivity index (χ3n) is 4.22. The summed E-state index contributed by atoms with van der Waals surface area (Å²) in [4.78, 5) is 0. The van der Waals surface area contributed by atoms with Crippen LogP contribution in [0, 0.1) is 11.7 Å². The molecule has 2 N–H and O–H groups in total. The number of aliphatic hydroxyl groups excluding tert-OH is 1. The van der Waals surface area contributed by atoms with Crippen LogP contribution in [0.25, 0.3) is 0 Å². The van der Waals surface area contributed by atoms with Gasteiger partial charge in [-0.1, -0.05) is 30.7 Å². The molecule has 106 valence electrons. The second-order valence-electron chi connectivity index (χ2n) is 5.69. The molecule has 2 nitrogen and oxygen atoms in total. The van der Waals surface area contributed by atoms with Crippen molar-refractivity contribution < 1.29 is 9.50 Å². The first-order valence-corrected chi connectivity index (χ1v) is 7.23. The smallest absolute Gasteiger partial charge is 0.142 e. The van der Waals surface area contributed by atoms with Gasteiger partial charge in [-0.15, -0.1) is 0 Å². The van der Waals surface area contributed by atoms with Crippen LogP contribution in [0.2, 0.25) is 5.02 Å². The molecule has 19 heavy (non-hydrogen) atoms. The molecule has 0 heterocycles. The van der Waals surface area contributed by atoms with Gasteiger partial charge in [-0.25, -0.2) is 4.39 Å². The van der Waals surface area contributed by atoms with E-state index in [0.717, 1.165) is 37.2 Å². The van der Waals surface area contributed by atoms with Crippen molar-refractivity contribution in [3.05, 3.63) is 34.6 Å². The lowest BCUT2D eigenvalue weighted by molar-refractivity contribution is 0.104. The quantitative estimate of drug-likeness (QED) is 0.887. The van der Waals surface area contributed by atoms with Crippen LogP contribution in [0.5, 0.6) is 0 Å². The maximum atomic E-state index is 13.4. The highest BCUT2D eigenvalue weighted by Gasteiger charge is 2.33. The van der Waals surface area contributed by atoms with E-state index in [1.165, 1.54) is 6.07 Å². The maximum absolute atomic E-state index is 13.4. The summed E-state index contributed by atoms with van der Waals surface area (Å²) in [5.41, 5.74) is 0.510. The number of hydrogen-bond acceptors (Lipinski definition) is 2. The molecule has 2 rings (SSSR count). The van der Waals surface area contributed by atoms with Crippen molar-refractivity contribution in [2.24, 2.45) is 5.92 Å². The standard InChI is InChI=1S/C15H21ClFNO/c1-11-5-7-15(10-19,8-6-11)18-9-12-3-2-4-13(17)14(12)16/h2-4,11,18-19H,5-10H2,1H3. The zero-order valence-electron chi connectivity index (χ0n) is 11.3. The Balaban J connectivity index is 2.02. The average Bonchev–Trinajstić information content (AvgIpc) is 2.43. The van der Waals surface area contributed by atoms with Crippen LogP contribution in [-0.2, 0) is 6.54 Å². The van der Waals surface area contributed by atoms with Crippen molar-refractivity contribution in [2.75, 3.05) is 6.61 Å². The molecule has 0 aliphatic heterocycles. The fourth-order valence-corrected chi connectivity index (χ4v) is 2.87. The zero-order chi connectivity index (χ0) is 13.9. The summed E-state index contributed by atoms with van der Waals surface area (Å²) >= 11 is 5.95. The van der Waals surface area contributed by atoms with E-state index in [9.17, 15) is 9.50 Å². The van der Waals surface area contributed by atoms with Crippen LogP contribution in [0.4, 0.5) is 4.39 Å². The molecule has 0 radical (unpaired) electrons. The normalized spacial score (nSPS) is 27.5. The highest BCUT2D eigenvalue weighted by atomic mass is 35.5. The van der Waals surface area contributed by atoms with Gasteiger partial charge in [0.25, 0.3) is 0 Å². The monoisotopic (exact) mass is 285 g/mol. The van der Waals surface area contributed by atoms with Crippen molar-refractivity contribution in [2.45, 2.75) is 44.7 Å². The van der Waals surface area contributed by atoms with E-state index in [4.69, 9.17) is 11.6 Å². The summed E-state index contributed by atoms with van der Waals surface area (Å²) in [5, 5.41) is 13.2. The van der Waals surface area contributed by atoms with Crippen molar-refractivity contribution in [3.63, 3.8) is 0 Å². The Kier molecular flexibility index (Phi) is 4.82. The van der Waals surface area contributed by atoms with Gasteiger partial charge < -0.3 is 10.4 Å². The highest BCUT2D eigenvalue weighted by molar-refractivity contribution is 6.31. The third-order valence-corrected chi connectivity index (χ3v) is 4.64. The van der Waals surface area contributed by atoms with Gasteiger partial charge >= 0.3 is 0 Å².